The predicted octanol–water partition coefficient (Wildman–Crippen LogP) is 12.6. The van der Waals surface area contributed by atoms with Crippen LogP contribution in [-0.4, -0.2) is 41.2 Å². The van der Waals surface area contributed by atoms with Gasteiger partial charge in [-0.1, -0.05) is 191 Å². The fourth-order valence-corrected chi connectivity index (χ4v) is 7.13. The summed E-state index contributed by atoms with van der Waals surface area (Å²) < 4.78 is 5.71. The molecule has 0 aliphatic carbocycles. The first-order chi connectivity index (χ1) is 27.9. The topological polar surface area (TPSA) is 128 Å². The molecule has 0 fully saturated rings. The van der Waals surface area contributed by atoms with Gasteiger partial charge in [0, 0.05) is 13.0 Å². The van der Waals surface area contributed by atoms with Gasteiger partial charge in [0.2, 0.25) is 5.91 Å². The second-order valence-electron chi connectivity index (χ2n) is 15.9. The minimum Gasteiger partial charge on any atom is -0.459 e. The number of nitrogens with two attached hydrogens (primary N) is 2. The first-order valence-electron chi connectivity index (χ1n) is 23.3. The quantitative estimate of drug-likeness (QED) is 0.0171. The van der Waals surface area contributed by atoms with E-state index in [0.717, 1.165) is 61.8 Å². The zero-order valence-electron chi connectivity index (χ0n) is 36.6. The van der Waals surface area contributed by atoms with E-state index >= 15 is 0 Å². The van der Waals surface area contributed by atoms with Crippen molar-refractivity contribution in [2.45, 2.75) is 219 Å². The van der Waals surface area contributed by atoms with Crippen LogP contribution in [0.4, 0.5) is 0 Å². The highest BCUT2D eigenvalue weighted by Gasteiger charge is 2.34. The highest BCUT2D eigenvalue weighted by Crippen LogP contribution is 2.18. The molecular weight excluding hydrogens is 709 g/mol. The number of nitrogens with zero attached hydrogens (tertiary/aromatic N) is 2. The smallest absolute Gasteiger partial charge is 0.329 e. The van der Waals surface area contributed by atoms with Crippen molar-refractivity contribution >= 4 is 23.7 Å². The molecule has 1 rings (SSSR count). The molecule has 0 saturated carbocycles. The van der Waals surface area contributed by atoms with Crippen LogP contribution in [0, 0.1) is 0 Å². The number of benzene rings is 1. The van der Waals surface area contributed by atoms with E-state index in [-0.39, 0.29) is 37.9 Å². The molecule has 324 valence electrons. The van der Waals surface area contributed by atoms with Gasteiger partial charge in [0.1, 0.15) is 12.6 Å². The van der Waals surface area contributed by atoms with Crippen molar-refractivity contribution in [3.63, 3.8) is 0 Å². The molecular formula is C49H84N4O4. The van der Waals surface area contributed by atoms with Gasteiger partial charge < -0.3 is 16.2 Å². The fourth-order valence-electron chi connectivity index (χ4n) is 7.13. The van der Waals surface area contributed by atoms with Crippen molar-refractivity contribution in [2.75, 3.05) is 6.54 Å². The minimum atomic E-state index is -1.06. The third-order valence-corrected chi connectivity index (χ3v) is 10.6. The predicted molar refractivity (Wildman–Crippen MR) is 241 cm³/mol. The average Bonchev–Trinajstić information content (AvgIpc) is 3.21. The number of aliphatic imine (C=N–C) groups is 1. The normalized spacial score (nSPS) is 12.0. The van der Waals surface area contributed by atoms with Gasteiger partial charge in [0.25, 0.3) is 5.91 Å². The maximum atomic E-state index is 13.8. The van der Waals surface area contributed by atoms with Crippen LogP contribution in [0.3, 0.4) is 0 Å². The van der Waals surface area contributed by atoms with Crippen molar-refractivity contribution < 1.29 is 19.1 Å². The summed E-state index contributed by atoms with van der Waals surface area (Å²) >= 11 is 0. The van der Waals surface area contributed by atoms with E-state index in [1.807, 2.05) is 36.4 Å². The molecule has 0 heterocycles. The molecule has 1 atom stereocenters. The number of allylic oxidation sites excluding steroid dienone is 3. The molecule has 0 bridgehead atoms. The Hall–Kier alpha value is -3.42. The number of hydrogen-bond donors (Lipinski definition) is 2. The van der Waals surface area contributed by atoms with Crippen LogP contribution >= 0.6 is 0 Å². The van der Waals surface area contributed by atoms with Gasteiger partial charge in [-0.3, -0.25) is 19.5 Å². The number of hydrogen-bond acceptors (Lipinski definition) is 5. The second kappa shape index (κ2) is 38.1. The van der Waals surface area contributed by atoms with E-state index in [9.17, 15) is 14.4 Å². The van der Waals surface area contributed by atoms with Crippen molar-refractivity contribution in [1.29, 1.82) is 0 Å². The number of imide groups is 1. The van der Waals surface area contributed by atoms with Gasteiger partial charge in [-0.15, -0.1) is 0 Å². The number of rotatable bonds is 38. The Morgan fingerprint density at radius 2 is 1.07 bits per heavy atom. The number of carbonyl (C=O) groups excluding carboxylic acids is 3. The number of esters is 1. The monoisotopic (exact) mass is 793 g/mol. The van der Waals surface area contributed by atoms with Crippen molar-refractivity contribution in [3.05, 3.63) is 60.2 Å². The molecule has 0 spiro atoms. The maximum Gasteiger partial charge on any atom is 0.329 e. The van der Waals surface area contributed by atoms with Crippen LogP contribution in [0.2, 0.25) is 0 Å². The van der Waals surface area contributed by atoms with Crippen LogP contribution in [-0.2, 0) is 25.7 Å². The summed E-state index contributed by atoms with van der Waals surface area (Å²) in [5, 5.41) is 0. The van der Waals surface area contributed by atoms with Crippen molar-refractivity contribution in [2.24, 2.45) is 16.5 Å². The molecule has 8 heteroatoms. The summed E-state index contributed by atoms with van der Waals surface area (Å²) in [6.45, 7) is 4.86. The summed E-state index contributed by atoms with van der Waals surface area (Å²) in [6, 6.07) is 8.35. The van der Waals surface area contributed by atoms with Gasteiger partial charge in [0.05, 0.1) is 0 Å². The largest absolute Gasteiger partial charge is 0.459 e. The third-order valence-electron chi connectivity index (χ3n) is 10.6. The SMILES string of the molecule is CCCCCCCC/C=C\CCCCCCCC(=O)N(C(=O)C=CCCCCCCCCCCCCCCC)[C@@H](CCCN=C(N)N)C(=O)OCc1ccccc1. The highest BCUT2D eigenvalue weighted by molar-refractivity contribution is 6.04. The van der Waals surface area contributed by atoms with Crippen LogP contribution in [0.1, 0.15) is 212 Å². The number of carbonyl (C=O) groups is 3. The highest BCUT2D eigenvalue weighted by atomic mass is 16.5. The van der Waals surface area contributed by atoms with E-state index in [1.165, 1.54) is 122 Å². The van der Waals surface area contributed by atoms with Crippen LogP contribution in [0.25, 0.3) is 0 Å². The van der Waals surface area contributed by atoms with E-state index in [0.29, 0.717) is 12.8 Å². The van der Waals surface area contributed by atoms with Crippen LogP contribution in [0.5, 0.6) is 0 Å². The van der Waals surface area contributed by atoms with Crippen molar-refractivity contribution in [1.82, 2.24) is 4.90 Å². The molecule has 0 aromatic heterocycles. The lowest BCUT2D eigenvalue weighted by Gasteiger charge is -2.28. The summed E-state index contributed by atoms with van der Waals surface area (Å²) in [7, 11) is 0. The molecule has 1 aromatic carbocycles. The molecule has 8 nitrogen and oxygen atoms in total. The lowest BCUT2D eigenvalue weighted by Crippen LogP contribution is -2.48. The lowest BCUT2D eigenvalue weighted by atomic mass is 10.0. The molecule has 0 aliphatic rings. The average molecular weight is 793 g/mol. The Kier molecular flexibility index (Phi) is 34.5. The zero-order valence-corrected chi connectivity index (χ0v) is 36.6. The van der Waals surface area contributed by atoms with Gasteiger partial charge in [-0.2, -0.15) is 0 Å². The molecule has 4 N–H and O–H groups in total. The van der Waals surface area contributed by atoms with Gasteiger partial charge in [-0.05, 0) is 69.4 Å². The van der Waals surface area contributed by atoms with E-state index in [1.54, 1.807) is 0 Å². The molecule has 1 aromatic rings. The van der Waals surface area contributed by atoms with E-state index in [2.05, 4.69) is 31.0 Å². The van der Waals surface area contributed by atoms with E-state index < -0.39 is 17.9 Å². The molecule has 0 saturated heterocycles. The summed E-state index contributed by atoms with van der Waals surface area (Å²) in [6.07, 6.45) is 41.3. The Balaban J connectivity index is 2.70. The first kappa shape index (κ1) is 51.6. The van der Waals surface area contributed by atoms with Crippen LogP contribution < -0.4 is 11.5 Å². The Bertz CT molecular complexity index is 1210. The first-order valence-corrected chi connectivity index (χ1v) is 23.3. The van der Waals surface area contributed by atoms with E-state index in [4.69, 9.17) is 16.2 Å². The number of amides is 2. The van der Waals surface area contributed by atoms with Gasteiger partial charge in [0.15, 0.2) is 5.96 Å². The van der Waals surface area contributed by atoms with Crippen LogP contribution in [0.15, 0.2) is 59.6 Å². The standard InChI is InChI=1S/C49H84N4O4/c1-3-5-7-9-11-13-15-17-19-21-23-25-27-29-34-40-46(54)53(45(39-36-42-52-49(50)51)48(56)57-43-44-37-32-31-33-38-44)47(55)41-35-30-28-26-24-22-20-18-16-14-12-10-8-6-4-2/h17,19,31-33,35,37-38,41,45H,3-16,18,20-30,34,36,39-40,42-43H2,1-2H3,(H4,50,51,52)/b19-17-,41-35?/t45-/m0/s1. The molecule has 0 aliphatic heterocycles. The lowest BCUT2D eigenvalue weighted by molar-refractivity contribution is -0.161. The van der Waals surface area contributed by atoms with Gasteiger partial charge in [-0.25, -0.2) is 4.79 Å². The Morgan fingerprint density at radius 1 is 0.614 bits per heavy atom. The van der Waals surface area contributed by atoms with Crippen molar-refractivity contribution in [3.8, 4) is 0 Å². The summed E-state index contributed by atoms with van der Waals surface area (Å²) in [5.41, 5.74) is 11.9. The zero-order chi connectivity index (χ0) is 41.4. The number of guanidine groups is 1. The maximum absolute atomic E-state index is 13.8. The number of unbranched alkanes of at least 4 members (excludes halogenated alkanes) is 24. The third kappa shape index (κ3) is 30.3. The Morgan fingerprint density at radius 3 is 1.56 bits per heavy atom. The number of ether oxygens (including phenoxy) is 1. The Labute approximate surface area is 349 Å². The minimum absolute atomic E-state index is 0.0394. The van der Waals surface area contributed by atoms with Gasteiger partial charge >= 0.3 is 5.97 Å². The fraction of sp³-hybridized carbons (Fsp3) is 0.714. The summed E-state index contributed by atoms with van der Waals surface area (Å²) in [5.74, 6) is -1.44. The molecule has 0 unspecified atom stereocenters. The molecule has 57 heavy (non-hydrogen) atoms. The summed E-state index contributed by atoms with van der Waals surface area (Å²) in [4.78, 5) is 46.4. The molecule has 0 radical (unpaired) electrons. The molecule has 2 amide bonds. The second-order valence-corrected chi connectivity index (χ2v) is 15.9.